The number of hydrogen-bond donors (Lipinski definition) is 1. The van der Waals surface area contributed by atoms with Gasteiger partial charge in [-0.2, -0.15) is 0 Å². The lowest BCUT2D eigenvalue weighted by Crippen LogP contribution is -2.53. The van der Waals surface area contributed by atoms with Gasteiger partial charge in [-0.05, 0) is 78.2 Å². The number of pyridine rings is 1. The molecule has 6 rings (SSSR count). The van der Waals surface area contributed by atoms with Crippen molar-refractivity contribution in [1.82, 2.24) is 15.2 Å². The van der Waals surface area contributed by atoms with Crippen LogP contribution in [0.15, 0.2) is 42.5 Å². The molecule has 3 aliphatic rings. The lowest BCUT2D eigenvalue weighted by Gasteiger charge is -2.55. The first-order valence-electron chi connectivity index (χ1n) is 15.8. The highest BCUT2D eigenvalue weighted by Crippen LogP contribution is 2.57. The van der Waals surface area contributed by atoms with Crippen LogP contribution in [0.5, 0.6) is 0 Å². The van der Waals surface area contributed by atoms with E-state index in [1.807, 2.05) is 31.3 Å². The number of nitrogens with one attached hydrogen (secondary N) is 1. The zero-order chi connectivity index (χ0) is 29.6. The first-order valence-corrected chi connectivity index (χ1v) is 15.8. The number of aryl methyl sites for hydroxylation is 1. The number of likely N-dealkylation sites (N-methyl/N-ethyl adjacent to an activating group) is 1. The van der Waals surface area contributed by atoms with E-state index in [4.69, 9.17) is 9.72 Å². The van der Waals surface area contributed by atoms with Crippen LogP contribution in [-0.2, 0) is 34.3 Å². The summed E-state index contributed by atoms with van der Waals surface area (Å²) in [5.41, 5.74) is 7.75. The maximum absolute atomic E-state index is 13.5. The number of carbonyl (C=O) groups is 2. The molecule has 3 atom stereocenters. The van der Waals surface area contributed by atoms with Gasteiger partial charge in [0.25, 0.3) is 5.91 Å². The number of esters is 1. The van der Waals surface area contributed by atoms with Gasteiger partial charge in [-0.3, -0.25) is 9.78 Å². The van der Waals surface area contributed by atoms with E-state index in [0.717, 1.165) is 60.8 Å². The molecule has 0 radical (unpaired) electrons. The Labute approximate surface area is 250 Å². The smallest absolute Gasteiger partial charge is 0.339 e. The molecule has 1 fully saturated rings. The van der Waals surface area contributed by atoms with Crippen molar-refractivity contribution in [2.24, 2.45) is 11.3 Å². The topological polar surface area (TPSA) is 71.5 Å². The molecule has 2 aromatic carbocycles. The molecule has 2 heterocycles. The van der Waals surface area contributed by atoms with Gasteiger partial charge in [-0.15, -0.1) is 0 Å². The molecule has 1 aromatic heterocycles. The Morgan fingerprint density at radius 2 is 1.93 bits per heavy atom. The van der Waals surface area contributed by atoms with Crippen LogP contribution in [0.2, 0.25) is 0 Å². The minimum absolute atomic E-state index is 0.00790. The first-order chi connectivity index (χ1) is 20.1. The molecule has 0 saturated heterocycles. The maximum atomic E-state index is 13.5. The summed E-state index contributed by atoms with van der Waals surface area (Å²) >= 11 is 0. The van der Waals surface area contributed by atoms with Crippen molar-refractivity contribution in [3.05, 3.63) is 76.0 Å². The van der Waals surface area contributed by atoms with Gasteiger partial charge < -0.3 is 15.0 Å². The Morgan fingerprint density at radius 1 is 1.12 bits per heavy atom. The summed E-state index contributed by atoms with van der Waals surface area (Å²) in [7, 11) is 2.05. The summed E-state index contributed by atoms with van der Waals surface area (Å²) in [5.74, 6) is 0.340. The van der Waals surface area contributed by atoms with Crippen LogP contribution in [-0.4, -0.2) is 48.5 Å². The average Bonchev–Trinajstić information content (AvgIpc) is 2.97. The zero-order valence-corrected chi connectivity index (χ0v) is 25.9. The highest BCUT2D eigenvalue weighted by molar-refractivity contribution is 6.05. The molecular formula is C36H45N3O3. The molecule has 6 heteroatoms. The van der Waals surface area contributed by atoms with Gasteiger partial charge in [-0.1, -0.05) is 70.5 Å². The molecule has 2 aliphatic carbocycles. The van der Waals surface area contributed by atoms with Crippen LogP contribution in [0.3, 0.4) is 0 Å². The van der Waals surface area contributed by atoms with Gasteiger partial charge in [0, 0.05) is 42.7 Å². The Hall–Kier alpha value is -3.25. The van der Waals surface area contributed by atoms with Gasteiger partial charge in [0.05, 0.1) is 11.1 Å². The number of rotatable bonds is 6. The van der Waals surface area contributed by atoms with E-state index in [0.29, 0.717) is 30.5 Å². The monoisotopic (exact) mass is 567 g/mol. The number of amides is 1. The van der Waals surface area contributed by atoms with Crippen LogP contribution in [0.1, 0.15) is 97.6 Å². The average molecular weight is 568 g/mol. The molecule has 0 spiro atoms. The summed E-state index contributed by atoms with van der Waals surface area (Å²) in [6, 6.07) is 14.8. The number of hydrogen-bond acceptors (Lipinski definition) is 5. The summed E-state index contributed by atoms with van der Waals surface area (Å²) in [5, 5.41) is 3.95. The molecule has 3 unspecified atom stereocenters. The van der Waals surface area contributed by atoms with E-state index in [2.05, 4.69) is 56.1 Å². The summed E-state index contributed by atoms with van der Waals surface area (Å²) < 4.78 is 5.68. The van der Waals surface area contributed by atoms with Crippen LogP contribution in [0.25, 0.3) is 10.9 Å². The third-order valence-corrected chi connectivity index (χ3v) is 10.6. The lowest BCUT2D eigenvalue weighted by molar-refractivity contribution is -0.125. The summed E-state index contributed by atoms with van der Waals surface area (Å²) in [6.07, 6.45) is 6.45. The molecule has 6 nitrogen and oxygen atoms in total. The van der Waals surface area contributed by atoms with Crippen molar-refractivity contribution in [3.8, 4) is 0 Å². The second kappa shape index (κ2) is 11.1. The molecule has 1 aliphatic heterocycles. The fourth-order valence-corrected chi connectivity index (χ4v) is 8.33. The number of ether oxygens (including phenoxy) is 1. The Bertz CT molecular complexity index is 1530. The second-order valence-corrected chi connectivity index (χ2v) is 13.9. The Balaban J connectivity index is 1.14. The van der Waals surface area contributed by atoms with E-state index in [1.165, 1.54) is 23.1 Å². The van der Waals surface area contributed by atoms with Crippen LogP contribution >= 0.6 is 0 Å². The Morgan fingerprint density at radius 3 is 2.74 bits per heavy atom. The third-order valence-electron chi connectivity index (χ3n) is 10.6. The molecule has 0 bridgehead atoms. The van der Waals surface area contributed by atoms with Gasteiger partial charge in [0.15, 0.2) is 6.61 Å². The standard InChI is InChI=1S/C36H45N3O3/c1-23(2)24-11-13-28-25(19-24)12-14-31-35(3,16-8-17-36(28,31)4)22-37-32(40)21-42-34(41)33-26-9-6-7-10-29(26)38-30-15-18-39(5)20-27(30)33/h6-7,9-11,13,19,23,31H,8,12,14-18,20-22H2,1-5H3,(H,37,40). The van der Waals surface area contributed by atoms with Crippen LogP contribution < -0.4 is 5.32 Å². The van der Waals surface area contributed by atoms with E-state index < -0.39 is 5.97 Å². The number of carbonyl (C=O) groups excluding carboxylic acids is 2. The van der Waals surface area contributed by atoms with Crippen molar-refractivity contribution < 1.29 is 14.3 Å². The Kier molecular flexibility index (Phi) is 7.63. The highest BCUT2D eigenvalue weighted by Gasteiger charge is 2.51. The molecular weight excluding hydrogens is 522 g/mol. The van der Waals surface area contributed by atoms with E-state index >= 15 is 0 Å². The minimum Gasteiger partial charge on any atom is -0.452 e. The van der Waals surface area contributed by atoms with Crippen molar-refractivity contribution >= 4 is 22.8 Å². The fraction of sp³-hybridized carbons (Fsp3) is 0.528. The quantitative estimate of drug-likeness (QED) is 0.353. The van der Waals surface area contributed by atoms with E-state index in [-0.39, 0.29) is 23.3 Å². The number of fused-ring (bicyclic) bond motifs is 5. The molecule has 42 heavy (non-hydrogen) atoms. The number of benzene rings is 2. The van der Waals surface area contributed by atoms with Crippen molar-refractivity contribution in [2.75, 3.05) is 26.7 Å². The van der Waals surface area contributed by atoms with Gasteiger partial charge in [-0.25, -0.2) is 4.79 Å². The van der Waals surface area contributed by atoms with Crippen molar-refractivity contribution in [2.45, 2.75) is 84.1 Å². The summed E-state index contributed by atoms with van der Waals surface area (Å²) in [4.78, 5) is 33.6. The van der Waals surface area contributed by atoms with E-state index in [1.54, 1.807) is 0 Å². The van der Waals surface area contributed by atoms with E-state index in [9.17, 15) is 9.59 Å². The predicted octanol–water partition coefficient (Wildman–Crippen LogP) is 6.33. The fourth-order valence-electron chi connectivity index (χ4n) is 8.33. The number of nitrogens with zero attached hydrogens (tertiary/aromatic N) is 2. The highest BCUT2D eigenvalue weighted by atomic mass is 16.5. The number of aromatic nitrogens is 1. The van der Waals surface area contributed by atoms with Crippen molar-refractivity contribution in [1.29, 1.82) is 0 Å². The predicted molar refractivity (Wildman–Crippen MR) is 167 cm³/mol. The van der Waals surface area contributed by atoms with Crippen LogP contribution in [0.4, 0.5) is 0 Å². The number of para-hydroxylation sites is 1. The third kappa shape index (κ3) is 5.12. The lowest BCUT2D eigenvalue weighted by atomic mass is 9.49. The molecule has 1 saturated carbocycles. The van der Waals surface area contributed by atoms with Crippen LogP contribution in [0, 0.1) is 11.3 Å². The van der Waals surface area contributed by atoms with Gasteiger partial charge in [0.2, 0.25) is 0 Å². The largest absolute Gasteiger partial charge is 0.452 e. The first kappa shape index (κ1) is 28.9. The maximum Gasteiger partial charge on any atom is 0.339 e. The molecule has 3 aromatic rings. The minimum atomic E-state index is -0.448. The van der Waals surface area contributed by atoms with Gasteiger partial charge >= 0.3 is 5.97 Å². The second-order valence-electron chi connectivity index (χ2n) is 13.9. The van der Waals surface area contributed by atoms with Gasteiger partial charge in [0.1, 0.15) is 0 Å². The SMILES string of the molecule is CC(C)c1ccc2c(c1)CCC1C(C)(CNC(=O)COC(=O)c3c4c(nc5ccccc35)CCN(C)C4)CCCC21C. The zero-order valence-electron chi connectivity index (χ0n) is 25.9. The normalized spacial score (nSPS) is 25.4. The molecule has 1 amide bonds. The molecule has 1 N–H and O–H groups in total. The van der Waals surface area contributed by atoms with Crippen molar-refractivity contribution in [3.63, 3.8) is 0 Å². The molecule has 222 valence electrons. The summed E-state index contributed by atoms with van der Waals surface area (Å²) in [6.45, 7) is 11.2.